The number of methoxy groups -OCH3 is 1. The Bertz CT molecular complexity index is 1840. The van der Waals surface area contributed by atoms with Crippen molar-refractivity contribution in [2.45, 2.75) is 32.7 Å². The number of amides is 1. The fourth-order valence-corrected chi connectivity index (χ4v) is 5.33. The standard InChI is InChI=1S/C33H28ClN5O3/c1-4-24(30-18-38-31-11-20(14-35)5-8-27(30)31)25-9-6-21(32(40)39-17-23-16-36-19(2)15-37-23)12-28(25)26-10-7-22(34)13-29(26)33(41)42-3/h5-13,15-16,18,24,38H,4,17H2,1-3H3,(H,39,40). The summed E-state index contributed by atoms with van der Waals surface area (Å²) >= 11 is 6.29. The van der Waals surface area contributed by atoms with E-state index in [-0.39, 0.29) is 18.4 Å². The fourth-order valence-electron chi connectivity index (χ4n) is 5.16. The Morgan fingerprint density at radius 3 is 2.60 bits per heavy atom. The number of rotatable bonds is 8. The van der Waals surface area contributed by atoms with Crippen LogP contribution in [0.3, 0.4) is 0 Å². The predicted molar refractivity (Wildman–Crippen MR) is 161 cm³/mol. The van der Waals surface area contributed by atoms with E-state index in [1.165, 1.54) is 7.11 Å². The Balaban J connectivity index is 1.62. The van der Waals surface area contributed by atoms with Gasteiger partial charge in [0, 0.05) is 39.8 Å². The van der Waals surface area contributed by atoms with Crippen molar-refractivity contribution in [1.82, 2.24) is 20.3 Å². The van der Waals surface area contributed by atoms with Gasteiger partial charge in [-0.3, -0.25) is 14.8 Å². The van der Waals surface area contributed by atoms with Gasteiger partial charge in [-0.2, -0.15) is 5.26 Å². The zero-order valence-corrected chi connectivity index (χ0v) is 24.1. The number of ether oxygens (including phenoxy) is 1. The Labute approximate surface area is 248 Å². The smallest absolute Gasteiger partial charge is 0.338 e. The molecule has 0 aliphatic heterocycles. The van der Waals surface area contributed by atoms with Crippen LogP contribution in [0.1, 0.15) is 68.1 Å². The summed E-state index contributed by atoms with van der Waals surface area (Å²) in [6.45, 7) is 4.15. The molecule has 1 amide bonds. The molecule has 0 saturated heterocycles. The number of nitriles is 1. The van der Waals surface area contributed by atoms with E-state index in [0.29, 0.717) is 38.5 Å². The van der Waals surface area contributed by atoms with Gasteiger partial charge in [-0.15, -0.1) is 0 Å². The van der Waals surface area contributed by atoms with Crippen LogP contribution in [0.15, 0.2) is 73.2 Å². The lowest BCUT2D eigenvalue weighted by Gasteiger charge is -2.22. The van der Waals surface area contributed by atoms with E-state index < -0.39 is 5.97 Å². The lowest BCUT2D eigenvalue weighted by Crippen LogP contribution is -2.23. The summed E-state index contributed by atoms with van der Waals surface area (Å²) in [5.74, 6) is -0.916. The van der Waals surface area contributed by atoms with Gasteiger partial charge in [0.2, 0.25) is 0 Å². The maximum Gasteiger partial charge on any atom is 0.338 e. The van der Waals surface area contributed by atoms with Crippen molar-refractivity contribution in [3.8, 4) is 17.2 Å². The third kappa shape index (κ3) is 5.73. The van der Waals surface area contributed by atoms with Gasteiger partial charge in [-0.25, -0.2) is 4.79 Å². The van der Waals surface area contributed by atoms with Crippen LogP contribution in [0.25, 0.3) is 22.0 Å². The maximum absolute atomic E-state index is 13.3. The number of esters is 1. The summed E-state index contributed by atoms with van der Waals surface area (Å²) < 4.78 is 5.08. The van der Waals surface area contributed by atoms with Gasteiger partial charge in [-0.1, -0.05) is 36.7 Å². The second-order valence-electron chi connectivity index (χ2n) is 9.89. The molecule has 1 atom stereocenters. The topological polar surface area (TPSA) is 121 Å². The Hall–Kier alpha value is -5.00. The van der Waals surface area contributed by atoms with Gasteiger partial charge in [0.05, 0.1) is 48.4 Å². The van der Waals surface area contributed by atoms with E-state index >= 15 is 0 Å². The average Bonchev–Trinajstić information content (AvgIpc) is 3.43. The SMILES string of the molecule is CCC(c1ccc(C(=O)NCc2cnc(C)cn2)cc1-c1ccc(Cl)cc1C(=O)OC)c1c[nH]c2cc(C#N)ccc12. The van der Waals surface area contributed by atoms with Gasteiger partial charge in [0.1, 0.15) is 0 Å². The molecule has 5 rings (SSSR count). The molecule has 2 heterocycles. The highest BCUT2D eigenvalue weighted by Gasteiger charge is 2.24. The molecule has 0 aliphatic carbocycles. The number of benzene rings is 3. The zero-order chi connectivity index (χ0) is 29.8. The molecule has 2 aromatic heterocycles. The number of aromatic amines is 1. The van der Waals surface area contributed by atoms with Gasteiger partial charge in [-0.05, 0) is 72.0 Å². The number of halogens is 1. The number of aryl methyl sites for hydroxylation is 1. The van der Waals surface area contributed by atoms with Crippen molar-refractivity contribution in [2.24, 2.45) is 0 Å². The maximum atomic E-state index is 13.3. The third-order valence-corrected chi connectivity index (χ3v) is 7.49. The van der Waals surface area contributed by atoms with E-state index in [1.54, 1.807) is 48.8 Å². The normalized spacial score (nSPS) is 11.6. The lowest BCUT2D eigenvalue weighted by molar-refractivity contribution is 0.0601. The van der Waals surface area contributed by atoms with Gasteiger partial charge in [0.15, 0.2) is 0 Å². The van der Waals surface area contributed by atoms with Crippen LogP contribution >= 0.6 is 11.6 Å². The Morgan fingerprint density at radius 1 is 1.05 bits per heavy atom. The summed E-state index contributed by atoms with van der Waals surface area (Å²) in [4.78, 5) is 38.0. The quantitative estimate of drug-likeness (QED) is 0.198. The fraction of sp³-hybridized carbons (Fsp3) is 0.182. The van der Waals surface area contributed by atoms with Gasteiger partial charge >= 0.3 is 5.97 Å². The van der Waals surface area contributed by atoms with Crippen molar-refractivity contribution >= 4 is 34.4 Å². The molecule has 2 N–H and O–H groups in total. The van der Waals surface area contributed by atoms with Crippen LogP contribution in [0.2, 0.25) is 5.02 Å². The average molecular weight is 578 g/mol. The number of hydrogen-bond acceptors (Lipinski definition) is 6. The molecule has 0 bridgehead atoms. The Kier molecular flexibility index (Phi) is 8.32. The van der Waals surface area contributed by atoms with E-state index in [0.717, 1.165) is 34.1 Å². The van der Waals surface area contributed by atoms with Crippen LogP contribution in [0.4, 0.5) is 0 Å². The predicted octanol–water partition coefficient (Wildman–Crippen LogP) is 6.72. The summed E-state index contributed by atoms with van der Waals surface area (Å²) in [5.41, 5.74) is 6.87. The highest BCUT2D eigenvalue weighted by molar-refractivity contribution is 6.31. The largest absolute Gasteiger partial charge is 0.465 e. The number of carbonyl (C=O) groups is 2. The molecule has 5 aromatic rings. The molecule has 210 valence electrons. The molecular weight excluding hydrogens is 550 g/mol. The van der Waals surface area contributed by atoms with E-state index in [9.17, 15) is 14.9 Å². The molecule has 3 aromatic carbocycles. The zero-order valence-electron chi connectivity index (χ0n) is 23.4. The number of nitrogens with zero attached hydrogens (tertiary/aromatic N) is 3. The molecule has 0 aliphatic rings. The van der Waals surface area contributed by atoms with Crippen molar-refractivity contribution in [3.63, 3.8) is 0 Å². The first-order chi connectivity index (χ1) is 20.3. The van der Waals surface area contributed by atoms with E-state index in [4.69, 9.17) is 16.3 Å². The van der Waals surface area contributed by atoms with Crippen LogP contribution < -0.4 is 5.32 Å². The van der Waals surface area contributed by atoms with Crippen molar-refractivity contribution < 1.29 is 14.3 Å². The number of carbonyl (C=O) groups excluding carboxylic acids is 2. The summed E-state index contributed by atoms with van der Waals surface area (Å²) in [6.07, 6.45) is 5.97. The van der Waals surface area contributed by atoms with E-state index in [2.05, 4.69) is 33.3 Å². The molecule has 0 saturated carbocycles. The number of nitrogens with one attached hydrogen (secondary N) is 2. The monoisotopic (exact) mass is 577 g/mol. The third-order valence-electron chi connectivity index (χ3n) is 7.26. The van der Waals surface area contributed by atoms with Crippen LogP contribution in [-0.4, -0.2) is 33.9 Å². The molecule has 1 unspecified atom stereocenters. The van der Waals surface area contributed by atoms with Crippen LogP contribution in [0.5, 0.6) is 0 Å². The molecular formula is C33H28ClN5O3. The minimum absolute atomic E-state index is 0.0946. The second kappa shape index (κ2) is 12.2. The first kappa shape index (κ1) is 28.5. The number of hydrogen-bond donors (Lipinski definition) is 2. The summed E-state index contributed by atoms with van der Waals surface area (Å²) in [6, 6.07) is 18.3. The second-order valence-corrected chi connectivity index (χ2v) is 10.3. The van der Waals surface area contributed by atoms with Gasteiger partial charge < -0.3 is 15.0 Å². The molecule has 0 radical (unpaired) electrons. The van der Waals surface area contributed by atoms with Crippen molar-refractivity contribution in [3.05, 3.63) is 117 Å². The Morgan fingerprint density at radius 2 is 1.88 bits per heavy atom. The minimum Gasteiger partial charge on any atom is -0.465 e. The minimum atomic E-state index is -0.532. The highest BCUT2D eigenvalue weighted by Crippen LogP contribution is 2.40. The molecule has 42 heavy (non-hydrogen) atoms. The molecule has 9 heteroatoms. The number of aromatic nitrogens is 3. The molecule has 8 nitrogen and oxygen atoms in total. The number of fused-ring (bicyclic) bond motifs is 1. The summed E-state index contributed by atoms with van der Waals surface area (Å²) in [5, 5.41) is 13.6. The van der Waals surface area contributed by atoms with Gasteiger partial charge in [0.25, 0.3) is 5.91 Å². The first-order valence-corrected chi connectivity index (χ1v) is 13.8. The highest BCUT2D eigenvalue weighted by atomic mass is 35.5. The lowest BCUT2D eigenvalue weighted by atomic mass is 9.82. The number of H-pyrrole nitrogens is 1. The van der Waals surface area contributed by atoms with E-state index in [1.807, 2.05) is 31.3 Å². The van der Waals surface area contributed by atoms with Crippen LogP contribution in [0, 0.1) is 18.3 Å². The van der Waals surface area contributed by atoms with Crippen molar-refractivity contribution in [2.75, 3.05) is 7.11 Å². The first-order valence-electron chi connectivity index (χ1n) is 13.4. The summed E-state index contributed by atoms with van der Waals surface area (Å²) in [7, 11) is 1.32. The molecule has 0 spiro atoms. The van der Waals surface area contributed by atoms with Crippen LogP contribution in [-0.2, 0) is 11.3 Å². The van der Waals surface area contributed by atoms with Crippen molar-refractivity contribution in [1.29, 1.82) is 5.26 Å². The molecule has 0 fully saturated rings.